The lowest BCUT2D eigenvalue weighted by Gasteiger charge is -2.23. The monoisotopic (exact) mass is 274 g/mol. The lowest BCUT2D eigenvalue weighted by Crippen LogP contribution is -2.17. The van der Waals surface area contributed by atoms with Crippen molar-refractivity contribution in [3.63, 3.8) is 0 Å². The first kappa shape index (κ1) is 13.9. The molecule has 0 unspecified atom stereocenters. The average molecular weight is 275 g/mol. The topological polar surface area (TPSA) is 15.3 Å². The summed E-state index contributed by atoms with van der Waals surface area (Å²) in [6, 6.07) is 16.3. The minimum Gasteiger partial charge on any atom is -0.344 e. The molecule has 0 fully saturated rings. The molecule has 0 saturated carbocycles. The number of nitrogens with one attached hydrogen (secondary N) is 1. The van der Waals surface area contributed by atoms with E-state index in [0.29, 0.717) is 0 Å². The van der Waals surface area contributed by atoms with Crippen molar-refractivity contribution >= 4 is 23.0 Å². The molecule has 2 aromatic carbocycles. The van der Waals surface area contributed by atoms with Crippen molar-refractivity contribution in [2.24, 2.45) is 0 Å². The van der Waals surface area contributed by atoms with Crippen LogP contribution in [0.4, 0.5) is 11.4 Å². The zero-order chi connectivity index (χ0) is 13.7. The Kier molecular flexibility index (Phi) is 4.83. The molecule has 0 radical (unpaired) electrons. The van der Waals surface area contributed by atoms with Crippen LogP contribution in [0.25, 0.3) is 0 Å². The van der Waals surface area contributed by atoms with Crippen LogP contribution in [0.1, 0.15) is 12.5 Å². The van der Waals surface area contributed by atoms with E-state index in [0.717, 1.165) is 29.5 Å². The van der Waals surface area contributed by atoms with E-state index >= 15 is 0 Å². The quantitative estimate of drug-likeness (QED) is 0.878. The molecule has 19 heavy (non-hydrogen) atoms. The van der Waals surface area contributed by atoms with Gasteiger partial charge in [-0.1, -0.05) is 42.8 Å². The molecular weight excluding hydrogens is 256 g/mol. The fourth-order valence-corrected chi connectivity index (χ4v) is 2.22. The van der Waals surface area contributed by atoms with Crippen LogP contribution < -0.4 is 10.2 Å². The Morgan fingerprint density at radius 3 is 2.53 bits per heavy atom. The zero-order valence-electron chi connectivity index (χ0n) is 11.4. The van der Waals surface area contributed by atoms with Crippen molar-refractivity contribution in [1.82, 2.24) is 5.32 Å². The highest BCUT2D eigenvalue weighted by molar-refractivity contribution is 6.30. The van der Waals surface area contributed by atoms with Crippen LogP contribution in [-0.2, 0) is 6.54 Å². The Balaban J connectivity index is 2.34. The Morgan fingerprint density at radius 1 is 1.11 bits per heavy atom. The molecule has 2 rings (SSSR count). The molecule has 0 saturated heterocycles. The lowest BCUT2D eigenvalue weighted by molar-refractivity contribution is 0.726. The van der Waals surface area contributed by atoms with Crippen LogP contribution in [0, 0.1) is 0 Å². The summed E-state index contributed by atoms with van der Waals surface area (Å²) in [5, 5.41) is 4.12. The predicted molar refractivity (Wildman–Crippen MR) is 83.3 cm³/mol. The van der Waals surface area contributed by atoms with Crippen molar-refractivity contribution in [1.29, 1.82) is 0 Å². The molecule has 0 amide bonds. The third-order valence-electron chi connectivity index (χ3n) is 3.12. The summed E-state index contributed by atoms with van der Waals surface area (Å²) in [5.41, 5.74) is 3.54. The normalized spacial score (nSPS) is 10.5. The summed E-state index contributed by atoms with van der Waals surface area (Å²) < 4.78 is 0. The van der Waals surface area contributed by atoms with Gasteiger partial charge in [-0.3, -0.25) is 0 Å². The number of halogens is 1. The second-order valence-corrected chi connectivity index (χ2v) is 4.88. The first-order chi connectivity index (χ1) is 9.22. The van der Waals surface area contributed by atoms with Gasteiger partial charge < -0.3 is 10.2 Å². The van der Waals surface area contributed by atoms with E-state index in [1.54, 1.807) is 0 Å². The maximum atomic E-state index is 6.14. The molecule has 0 spiro atoms. The number of benzene rings is 2. The highest BCUT2D eigenvalue weighted by atomic mass is 35.5. The molecule has 0 aromatic heterocycles. The first-order valence-electron chi connectivity index (χ1n) is 6.50. The van der Waals surface area contributed by atoms with Crippen LogP contribution in [0.5, 0.6) is 0 Å². The molecule has 0 heterocycles. The molecule has 0 aliphatic carbocycles. The van der Waals surface area contributed by atoms with Gasteiger partial charge in [-0.25, -0.2) is 0 Å². The molecule has 0 atom stereocenters. The SMILES string of the molecule is CCNCc1ccc(Cl)cc1N(C)c1ccccc1. The number of anilines is 2. The van der Waals surface area contributed by atoms with E-state index in [1.165, 1.54) is 5.56 Å². The third-order valence-corrected chi connectivity index (χ3v) is 3.35. The van der Waals surface area contributed by atoms with Crippen LogP contribution >= 0.6 is 11.6 Å². The van der Waals surface area contributed by atoms with Crippen LogP contribution in [-0.4, -0.2) is 13.6 Å². The van der Waals surface area contributed by atoms with E-state index in [-0.39, 0.29) is 0 Å². The van der Waals surface area contributed by atoms with Crippen LogP contribution in [0.15, 0.2) is 48.5 Å². The van der Waals surface area contributed by atoms with Gasteiger partial charge >= 0.3 is 0 Å². The molecule has 2 aromatic rings. The molecule has 1 N–H and O–H groups in total. The summed E-state index contributed by atoms with van der Waals surface area (Å²) >= 11 is 6.14. The van der Waals surface area contributed by atoms with E-state index in [9.17, 15) is 0 Å². The Hall–Kier alpha value is -1.51. The van der Waals surface area contributed by atoms with Crippen LogP contribution in [0.3, 0.4) is 0 Å². The van der Waals surface area contributed by atoms with Crippen LogP contribution in [0.2, 0.25) is 5.02 Å². The number of rotatable bonds is 5. The van der Waals surface area contributed by atoms with Crippen molar-refractivity contribution in [3.05, 3.63) is 59.1 Å². The lowest BCUT2D eigenvalue weighted by atomic mass is 10.1. The molecule has 0 aliphatic rings. The molecule has 100 valence electrons. The summed E-state index contributed by atoms with van der Waals surface area (Å²) in [7, 11) is 2.07. The highest BCUT2D eigenvalue weighted by Crippen LogP contribution is 2.29. The maximum absolute atomic E-state index is 6.14. The maximum Gasteiger partial charge on any atom is 0.0468 e. The van der Waals surface area contributed by atoms with Gasteiger partial charge in [-0.05, 0) is 36.4 Å². The van der Waals surface area contributed by atoms with Gasteiger partial charge in [0.15, 0.2) is 0 Å². The second-order valence-electron chi connectivity index (χ2n) is 4.45. The van der Waals surface area contributed by atoms with Gasteiger partial charge in [0, 0.05) is 30.0 Å². The van der Waals surface area contributed by atoms with Crippen molar-refractivity contribution < 1.29 is 0 Å². The van der Waals surface area contributed by atoms with Gasteiger partial charge in [0.1, 0.15) is 0 Å². The highest BCUT2D eigenvalue weighted by Gasteiger charge is 2.09. The summed E-state index contributed by atoms with van der Waals surface area (Å²) in [5.74, 6) is 0. The van der Waals surface area contributed by atoms with Crippen molar-refractivity contribution in [2.75, 3.05) is 18.5 Å². The molecule has 3 heteroatoms. The van der Waals surface area contributed by atoms with Gasteiger partial charge in [0.2, 0.25) is 0 Å². The van der Waals surface area contributed by atoms with E-state index in [1.807, 2.05) is 30.3 Å². The fourth-order valence-electron chi connectivity index (χ4n) is 2.05. The third kappa shape index (κ3) is 3.49. The minimum atomic E-state index is 0.762. The van der Waals surface area contributed by atoms with Gasteiger partial charge in [-0.15, -0.1) is 0 Å². The van der Waals surface area contributed by atoms with E-state index in [2.05, 4.69) is 42.4 Å². The van der Waals surface area contributed by atoms with E-state index in [4.69, 9.17) is 11.6 Å². The largest absolute Gasteiger partial charge is 0.344 e. The van der Waals surface area contributed by atoms with Gasteiger partial charge in [-0.2, -0.15) is 0 Å². The Morgan fingerprint density at radius 2 is 1.84 bits per heavy atom. The summed E-state index contributed by atoms with van der Waals surface area (Å²) in [6.45, 7) is 3.91. The standard InChI is InChI=1S/C16H19ClN2/c1-3-18-12-13-9-10-14(17)11-16(13)19(2)15-7-5-4-6-8-15/h4-11,18H,3,12H2,1-2H3. The molecule has 0 bridgehead atoms. The Labute approximate surface area is 120 Å². The molecule has 2 nitrogen and oxygen atoms in total. The number of para-hydroxylation sites is 1. The number of hydrogen-bond acceptors (Lipinski definition) is 2. The number of hydrogen-bond donors (Lipinski definition) is 1. The number of nitrogens with zero attached hydrogens (tertiary/aromatic N) is 1. The van der Waals surface area contributed by atoms with Gasteiger partial charge in [0.25, 0.3) is 0 Å². The van der Waals surface area contributed by atoms with Crippen molar-refractivity contribution in [2.45, 2.75) is 13.5 Å². The smallest absolute Gasteiger partial charge is 0.0468 e. The minimum absolute atomic E-state index is 0.762. The van der Waals surface area contributed by atoms with E-state index < -0.39 is 0 Å². The average Bonchev–Trinajstić information content (AvgIpc) is 2.46. The zero-order valence-corrected chi connectivity index (χ0v) is 12.1. The molecule has 0 aliphatic heterocycles. The Bertz CT molecular complexity index is 526. The predicted octanol–water partition coefficient (Wildman–Crippen LogP) is 4.22. The van der Waals surface area contributed by atoms with Crippen molar-refractivity contribution in [3.8, 4) is 0 Å². The van der Waals surface area contributed by atoms with Gasteiger partial charge in [0.05, 0.1) is 0 Å². The summed E-state index contributed by atoms with van der Waals surface area (Å²) in [4.78, 5) is 2.17. The summed E-state index contributed by atoms with van der Waals surface area (Å²) in [6.07, 6.45) is 0. The molecular formula is C16H19ClN2. The second kappa shape index (κ2) is 6.60. The first-order valence-corrected chi connectivity index (χ1v) is 6.88. The fraction of sp³-hybridized carbons (Fsp3) is 0.250.